The van der Waals surface area contributed by atoms with Crippen LogP contribution in [0.5, 0.6) is 0 Å². The highest BCUT2D eigenvalue weighted by atomic mass is 35.5. The predicted molar refractivity (Wildman–Crippen MR) is 68.2 cm³/mol. The van der Waals surface area contributed by atoms with Crippen molar-refractivity contribution in [1.29, 1.82) is 0 Å². The van der Waals surface area contributed by atoms with E-state index in [0.29, 0.717) is 4.47 Å². The molecule has 0 aromatic carbocycles. The van der Waals surface area contributed by atoms with E-state index in [4.69, 9.17) is 11.6 Å². The van der Waals surface area contributed by atoms with Gasteiger partial charge in [-0.15, -0.1) is 10.2 Å². The molecule has 0 amide bonds. The first-order valence-corrected chi connectivity index (χ1v) is 6.87. The van der Waals surface area contributed by atoms with E-state index in [9.17, 15) is 0 Å². The van der Waals surface area contributed by atoms with Crippen LogP contribution in [0.25, 0.3) is 0 Å². The molecule has 0 saturated carbocycles. The molecule has 0 aliphatic heterocycles. The van der Waals surface area contributed by atoms with E-state index in [-0.39, 0.29) is 0 Å². The summed E-state index contributed by atoms with van der Waals surface area (Å²) in [7, 11) is 0. The lowest BCUT2D eigenvalue weighted by Gasteiger charge is -2.01. The van der Waals surface area contributed by atoms with E-state index in [1.807, 2.05) is 6.92 Å². The highest BCUT2D eigenvalue weighted by Crippen LogP contribution is 2.25. The summed E-state index contributed by atoms with van der Waals surface area (Å²) in [6.07, 6.45) is 0. The van der Waals surface area contributed by atoms with Crippen LogP contribution in [-0.4, -0.2) is 15.2 Å². The van der Waals surface area contributed by atoms with Crippen molar-refractivity contribution in [3.8, 4) is 0 Å². The van der Waals surface area contributed by atoms with E-state index in [2.05, 4.69) is 34.2 Å². The summed E-state index contributed by atoms with van der Waals surface area (Å²) in [6.45, 7) is 4.07. The Hall–Kier alpha value is -0.650. The summed E-state index contributed by atoms with van der Waals surface area (Å²) < 4.78 is 0.490. The molecule has 0 aliphatic rings. The second kappa shape index (κ2) is 5.12. The lowest BCUT2D eigenvalue weighted by molar-refractivity contribution is 1.03. The summed E-state index contributed by atoms with van der Waals surface area (Å²) in [5.74, 6) is 0.764. The summed E-state index contributed by atoms with van der Waals surface area (Å²) >= 11 is 8.78. The lowest BCUT2D eigenvalue weighted by Crippen LogP contribution is -1.87. The first-order valence-electron chi connectivity index (χ1n) is 4.69. The number of hydrogen-bond donors (Lipinski definition) is 0. The van der Waals surface area contributed by atoms with E-state index in [1.54, 1.807) is 11.8 Å². The second-order valence-electron chi connectivity index (χ2n) is 3.36. The average Bonchev–Trinajstić information content (AvgIpc) is 2.60. The lowest BCUT2D eigenvalue weighted by atomic mass is 10.3. The van der Waals surface area contributed by atoms with Crippen molar-refractivity contribution in [3.05, 3.63) is 32.9 Å². The van der Waals surface area contributed by atoms with E-state index in [0.717, 1.165) is 21.5 Å². The monoisotopic (exact) mass is 271 g/mol. The molecule has 16 heavy (non-hydrogen) atoms. The predicted octanol–water partition coefficient (Wildman–Crippen LogP) is 3.50. The largest absolute Gasteiger partial charge is 0.247 e. The van der Waals surface area contributed by atoms with Crippen LogP contribution in [0.1, 0.15) is 16.3 Å². The SMILES string of the molecule is Cc1cc(C)nc(SCc2nnc(Cl)s2)c1. The van der Waals surface area contributed by atoms with Gasteiger partial charge in [0, 0.05) is 5.69 Å². The van der Waals surface area contributed by atoms with Crippen LogP contribution in [-0.2, 0) is 5.75 Å². The molecule has 0 spiro atoms. The van der Waals surface area contributed by atoms with E-state index in [1.165, 1.54) is 16.9 Å². The zero-order chi connectivity index (χ0) is 11.5. The third kappa shape index (κ3) is 3.17. The van der Waals surface area contributed by atoms with E-state index < -0.39 is 0 Å². The standard InChI is InChI=1S/C10H10ClN3S2/c1-6-3-7(2)12-8(4-6)15-5-9-13-14-10(11)16-9/h3-4H,5H2,1-2H3. The number of aromatic nitrogens is 3. The Balaban J connectivity index is 2.04. The Morgan fingerprint density at radius 1 is 1.31 bits per heavy atom. The van der Waals surface area contributed by atoms with Gasteiger partial charge in [0.1, 0.15) is 5.01 Å². The van der Waals surface area contributed by atoms with Crippen LogP contribution in [0.3, 0.4) is 0 Å². The minimum absolute atomic E-state index is 0.490. The first-order chi connectivity index (χ1) is 7.63. The summed E-state index contributed by atoms with van der Waals surface area (Å²) in [5, 5.41) is 9.67. The smallest absolute Gasteiger partial charge is 0.207 e. The van der Waals surface area contributed by atoms with Gasteiger partial charge in [-0.25, -0.2) is 4.98 Å². The van der Waals surface area contributed by atoms with Gasteiger partial charge in [0.25, 0.3) is 0 Å². The van der Waals surface area contributed by atoms with Crippen LogP contribution in [0, 0.1) is 13.8 Å². The Labute approximate surface area is 107 Å². The van der Waals surface area contributed by atoms with Crippen molar-refractivity contribution in [2.45, 2.75) is 24.6 Å². The molecule has 0 atom stereocenters. The minimum Gasteiger partial charge on any atom is -0.247 e. The van der Waals surface area contributed by atoms with Gasteiger partial charge in [-0.05, 0) is 43.1 Å². The molecule has 84 valence electrons. The van der Waals surface area contributed by atoms with Crippen LogP contribution >= 0.6 is 34.7 Å². The van der Waals surface area contributed by atoms with Gasteiger partial charge in [-0.1, -0.05) is 23.1 Å². The molecule has 0 saturated heterocycles. The molecule has 2 aromatic heterocycles. The molecule has 0 N–H and O–H groups in total. The molecule has 3 nitrogen and oxygen atoms in total. The fourth-order valence-corrected chi connectivity index (χ4v) is 3.19. The van der Waals surface area contributed by atoms with Crippen molar-refractivity contribution in [2.24, 2.45) is 0 Å². The fraction of sp³-hybridized carbons (Fsp3) is 0.300. The highest BCUT2D eigenvalue weighted by molar-refractivity contribution is 7.98. The molecule has 0 bridgehead atoms. The van der Waals surface area contributed by atoms with Crippen molar-refractivity contribution in [2.75, 3.05) is 0 Å². The number of halogens is 1. The molecule has 2 rings (SSSR count). The highest BCUT2D eigenvalue weighted by Gasteiger charge is 2.04. The van der Waals surface area contributed by atoms with Gasteiger partial charge < -0.3 is 0 Å². The molecular formula is C10H10ClN3S2. The van der Waals surface area contributed by atoms with Gasteiger partial charge in [-0.2, -0.15) is 0 Å². The summed E-state index contributed by atoms with van der Waals surface area (Å²) in [6, 6.07) is 4.13. The van der Waals surface area contributed by atoms with Gasteiger partial charge in [-0.3, -0.25) is 0 Å². The zero-order valence-electron chi connectivity index (χ0n) is 8.90. The molecule has 0 aliphatic carbocycles. The number of pyridine rings is 1. The Kier molecular flexibility index (Phi) is 3.78. The first kappa shape index (κ1) is 11.8. The molecule has 6 heteroatoms. The topological polar surface area (TPSA) is 38.7 Å². The molecular weight excluding hydrogens is 262 g/mol. The van der Waals surface area contributed by atoms with Crippen LogP contribution in [0.4, 0.5) is 0 Å². The summed E-state index contributed by atoms with van der Waals surface area (Å²) in [5.41, 5.74) is 2.27. The maximum atomic E-state index is 5.71. The van der Waals surface area contributed by atoms with Crippen molar-refractivity contribution in [3.63, 3.8) is 0 Å². The fourth-order valence-electron chi connectivity index (χ4n) is 1.31. The number of hydrogen-bond acceptors (Lipinski definition) is 5. The molecule has 2 heterocycles. The normalized spacial score (nSPS) is 10.7. The van der Waals surface area contributed by atoms with Gasteiger partial charge in [0.15, 0.2) is 0 Å². The molecule has 0 unspecified atom stereocenters. The number of rotatable bonds is 3. The molecule has 2 aromatic rings. The minimum atomic E-state index is 0.490. The number of aryl methyl sites for hydroxylation is 2. The summed E-state index contributed by atoms with van der Waals surface area (Å²) in [4.78, 5) is 4.44. The Morgan fingerprint density at radius 2 is 2.12 bits per heavy atom. The second-order valence-corrected chi connectivity index (χ2v) is 6.00. The van der Waals surface area contributed by atoms with Crippen molar-refractivity contribution < 1.29 is 0 Å². The van der Waals surface area contributed by atoms with Crippen molar-refractivity contribution in [1.82, 2.24) is 15.2 Å². The van der Waals surface area contributed by atoms with Crippen LogP contribution in [0.15, 0.2) is 17.2 Å². The number of nitrogens with zero attached hydrogens (tertiary/aromatic N) is 3. The third-order valence-electron chi connectivity index (χ3n) is 1.86. The molecule has 0 fully saturated rings. The van der Waals surface area contributed by atoms with Crippen LogP contribution < -0.4 is 0 Å². The molecule has 0 radical (unpaired) electrons. The van der Waals surface area contributed by atoms with Crippen LogP contribution in [0.2, 0.25) is 4.47 Å². The Bertz CT molecular complexity index is 478. The van der Waals surface area contributed by atoms with Crippen molar-refractivity contribution >= 4 is 34.7 Å². The quantitative estimate of drug-likeness (QED) is 0.801. The van der Waals surface area contributed by atoms with Gasteiger partial charge in [0.05, 0.1) is 10.8 Å². The van der Waals surface area contributed by atoms with Gasteiger partial charge in [0.2, 0.25) is 4.47 Å². The van der Waals surface area contributed by atoms with Gasteiger partial charge >= 0.3 is 0 Å². The third-order valence-corrected chi connectivity index (χ3v) is 3.98. The maximum Gasteiger partial charge on any atom is 0.207 e. The van der Waals surface area contributed by atoms with E-state index >= 15 is 0 Å². The average molecular weight is 272 g/mol. The number of thioether (sulfide) groups is 1. The maximum absolute atomic E-state index is 5.71. The Morgan fingerprint density at radius 3 is 2.75 bits per heavy atom. The zero-order valence-corrected chi connectivity index (χ0v) is 11.3.